The summed E-state index contributed by atoms with van der Waals surface area (Å²) in [6.45, 7) is 3.64. The molecule has 0 aliphatic rings. The quantitative estimate of drug-likeness (QED) is 0.888. The molecule has 0 saturated heterocycles. The molecule has 1 aromatic carbocycles. The lowest BCUT2D eigenvalue weighted by Gasteiger charge is -2.23. The van der Waals surface area contributed by atoms with E-state index in [-0.39, 0.29) is 18.2 Å². The molecular formula is C12H15ClF3NO. The molecule has 0 atom stereocenters. The van der Waals surface area contributed by atoms with E-state index in [0.29, 0.717) is 5.56 Å². The van der Waals surface area contributed by atoms with E-state index in [1.54, 1.807) is 13.8 Å². The molecule has 102 valence electrons. The third-order valence-corrected chi connectivity index (χ3v) is 2.83. The monoisotopic (exact) mass is 281 g/mol. The van der Waals surface area contributed by atoms with E-state index in [2.05, 4.69) is 5.32 Å². The minimum Gasteiger partial charge on any atom is -0.394 e. The predicted molar refractivity (Wildman–Crippen MR) is 64.5 cm³/mol. The SMILES string of the molecule is CC(C)(CO)NCc1ccc(Cl)c(C(F)(F)F)c1. The number of alkyl halides is 3. The van der Waals surface area contributed by atoms with E-state index in [4.69, 9.17) is 16.7 Å². The van der Waals surface area contributed by atoms with Crippen molar-refractivity contribution < 1.29 is 18.3 Å². The van der Waals surface area contributed by atoms with E-state index in [1.165, 1.54) is 12.1 Å². The highest BCUT2D eigenvalue weighted by atomic mass is 35.5. The highest BCUT2D eigenvalue weighted by Crippen LogP contribution is 2.35. The van der Waals surface area contributed by atoms with Crippen LogP contribution >= 0.6 is 11.6 Å². The highest BCUT2D eigenvalue weighted by Gasteiger charge is 2.33. The third-order valence-electron chi connectivity index (χ3n) is 2.50. The van der Waals surface area contributed by atoms with Crippen LogP contribution in [0, 0.1) is 0 Å². The highest BCUT2D eigenvalue weighted by molar-refractivity contribution is 6.31. The van der Waals surface area contributed by atoms with Crippen molar-refractivity contribution in [2.45, 2.75) is 32.1 Å². The van der Waals surface area contributed by atoms with Crippen LogP contribution in [-0.2, 0) is 12.7 Å². The first-order valence-electron chi connectivity index (χ1n) is 5.37. The molecule has 0 aliphatic heterocycles. The van der Waals surface area contributed by atoms with E-state index >= 15 is 0 Å². The van der Waals surface area contributed by atoms with Gasteiger partial charge in [-0.2, -0.15) is 13.2 Å². The van der Waals surface area contributed by atoms with Crippen LogP contribution in [0.1, 0.15) is 25.0 Å². The minimum atomic E-state index is -4.46. The van der Waals surface area contributed by atoms with Gasteiger partial charge in [0.05, 0.1) is 17.2 Å². The van der Waals surface area contributed by atoms with Crippen LogP contribution in [-0.4, -0.2) is 17.3 Å². The van der Waals surface area contributed by atoms with Gasteiger partial charge >= 0.3 is 6.18 Å². The summed E-state index contributed by atoms with van der Waals surface area (Å²) in [5.41, 5.74) is -0.920. The third kappa shape index (κ3) is 4.15. The smallest absolute Gasteiger partial charge is 0.394 e. The van der Waals surface area contributed by atoms with Crippen LogP contribution in [0.3, 0.4) is 0 Å². The van der Waals surface area contributed by atoms with Crippen LogP contribution in [0.25, 0.3) is 0 Å². The maximum absolute atomic E-state index is 12.6. The molecule has 0 aliphatic carbocycles. The Morgan fingerprint density at radius 3 is 2.39 bits per heavy atom. The van der Waals surface area contributed by atoms with Crippen molar-refractivity contribution in [2.75, 3.05) is 6.61 Å². The van der Waals surface area contributed by atoms with Gasteiger partial charge in [-0.05, 0) is 31.5 Å². The van der Waals surface area contributed by atoms with E-state index in [1.807, 2.05) is 0 Å². The summed E-state index contributed by atoms with van der Waals surface area (Å²) >= 11 is 5.52. The van der Waals surface area contributed by atoms with Gasteiger partial charge in [0, 0.05) is 12.1 Å². The Morgan fingerprint density at radius 1 is 1.28 bits per heavy atom. The zero-order valence-corrected chi connectivity index (χ0v) is 10.9. The lowest BCUT2D eigenvalue weighted by molar-refractivity contribution is -0.137. The van der Waals surface area contributed by atoms with Crippen LogP contribution in [0.15, 0.2) is 18.2 Å². The number of halogens is 4. The maximum Gasteiger partial charge on any atom is 0.417 e. The van der Waals surface area contributed by atoms with Crippen LogP contribution < -0.4 is 5.32 Å². The molecule has 0 aromatic heterocycles. The standard InChI is InChI=1S/C12H15ClF3NO/c1-11(2,7-18)17-6-8-3-4-10(13)9(5-8)12(14,15)16/h3-5,17-18H,6-7H2,1-2H3. The Balaban J connectivity index is 2.87. The van der Waals surface area contributed by atoms with Crippen molar-refractivity contribution >= 4 is 11.6 Å². The predicted octanol–water partition coefficient (Wildman–Crippen LogP) is 3.22. The molecule has 0 fully saturated rings. The summed E-state index contributed by atoms with van der Waals surface area (Å²) < 4.78 is 37.9. The lowest BCUT2D eigenvalue weighted by atomic mass is 10.1. The van der Waals surface area contributed by atoms with Crippen LogP contribution in [0.4, 0.5) is 13.2 Å². The second-order valence-corrected chi connectivity index (χ2v) is 5.11. The van der Waals surface area contributed by atoms with Crippen molar-refractivity contribution in [1.82, 2.24) is 5.32 Å². The minimum absolute atomic E-state index is 0.104. The second-order valence-electron chi connectivity index (χ2n) is 4.71. The van der Waals surface area contributed by atoms with Gasteiger partial charge in [-0.1, -0.05) is 17.7 Å². The van der Waals surface area contributed by atoms with Gasteiger partial charge in [0.25, 0.3) is 0 Å². The molecule has 1 aromatic rings. The molecule has 6 heteroatoms. The Hall–Kier alpha value is -0.780. The van der Waals surface area contributed by atoms with Crippen molar-refractivity contribution in [2.24, 2.45) is 0 Å². The van der Waals surface area contributed by atoms with Crippen LogP contribution in [0.2, 0.25) is 5.02 Å². The van der Waals surface area contributed by atoms with Crippen molar-refractivity contribution in [3.63, 3.8) is 0 Å². The lowest BCUT2D eigenvalue weighted by Crippen LogP contribution is -2.42. The number of aliphatic hydroxyl groups excluding tert-OH is 1. The van der Waals surface area contributed by atoms with E-state index in [0.717, 1.165) is 6.07 Å². The van der Waals surface area contributed by atoms with Crippen molar-refractivity contribution in [1.29, 1.82) is 0 Å². The molecular weight excluding hydrogens is 267 g/mol. The molecule has 0 bridgehead atoms. The molecule has 2 nitrogen and oxygen atoms in total. The molecule has 1 rings (SSSR count). The number of rotatable bonds is 4. The molecule has 0 saturated carbocycles. The Kier molecular flexibility index (Phi) is 4.64. The van der Waals surface area contributed by atoms with Gasteiger partial charge in [-0.3, -0.25) is 0 Å². The molecule has 0 heterocycles. The molecule has 0 unspecified atom stereocenters. The Bertz CT molecular complexity index is 418. The molecule has 18 heavy (non-hydrogen) atoms. The van der Waals surface area contributed by atoms with Crippen molar-refractivity contribution in [3.8, 4) is 0 Å². The summed E-state index contributed by atoms with van der Waals surface area (Å²) in [4.78, 5) is 0. The fourth-order valence-electron chi connectivity index (χ4n) is 1.30. The van der Waals surface area contributed by atoms with Gasteiger partial charge < -0.3 is 10.4 Å². The first-order chi connectivity index (χ1) is 8.15. The average Bonchev–Trinajstić information content (AvgIpc) is 2.26. The number of nitrogens with one attached hydrogen (secondary N) is 1. The van der Waals surface area contributed by atoms with Crippen LogP contribution in [0.5, 0.6) is 0 Å². The Labute approximate surface area is 109 Å². The second kappa shape index (κ2) is 5.47. The zero-order chi connectivity index (χ0) is 14.0. The maximum atomic E-state index is 12.6. The summed E-state index contributed by atoms with van der Waals surface area (Å²) in [6.07, 6.45) is -4.46. The summed E-state index contributed by atoms with van der Waals surface area (Å²) in [6, 6.07) is 3.77. The van der Waals surface area contributed by atoms with Gasteiger partial charge in [0.15, 0.2) is 0 Å². The molecule has 0 amide bonds. The summed E-state index contributed by atoms with van der Waals surface area (Å²) in [5, 5.41) is 11.7. The summed E-state index contributed by atoms with van der Waals surface area (Å²) in [7, 11) is 0. The van der Waals surface area contributed by atoms with Gasteiger partial charge in [-0.15, -0.1) is 0 Å². The van der Waals surface area contributed by atoms with Gasteiger partial charge in [-0.25, -0.2) is 0 Å². The Morgan fingerprint density at radius 2 is 1.89 bits per heavy atom. The van der Waals surface area contributed by atoms with Crippen molar-refractivity contribution in [3.05, 3.63) is 34.3 Å². The first kappa shape index (κ1) is 15.3. The molecule has 0 spiro atoms. The topological polar surface area (TPSA) is 32.3 Å². The zero-order valence-electron chi connectivity index (χ0n) is 10.1. The van der Waals surface area contributed by atoms with E-state index < -0.39 is 17.3 Å². The number of hydrogen-bond donors (Lipinski definition) is 2. The molecule has 0 radical (unpaired) electrons. The first-order valence-corrected chi connectivity index (χ1v) is 5.75. The largest absolute Gasteiger partial charge is 0.417 e. The number of benzene rings is 1. The van der Waals surface area contributed by atoms with Gasteiger partial charge in [0.2, 0.25) is 0 Å². The van der Waals surface area contributed by atoms with Gasteiger partial charge in [0.1, 0.15) is 0 Å². The number of aliphatic hydroxyl groups is 1. The van der Waals surface area contributed by atoms with E-state index in [9.17, 15) is 13.2 Å². The molecule has 2 N–H and O–H groups in total. The number of hydrogen-bond acceptors (Lipinski definition) is 2. The average molecular weight is 282 g/mol. The summed E-state index contributed by atoms with van der Waals surface area (Å²) in [5.74, 6) is 0. The fourth-order valence-corrected chi connectivity index (χ4v) is 1.52. The normalized spacial score (nSPS) is 12.8. The fraction of sp³-hybridized carbons (Fsp3) is 0.500.